The van der Waals surface area contributed by atoms with Gasteiger partial charge in [0, 0.05) is 13.1 Å². The molecule has 1 aliphatic rings. The molecule has 6 heteroatoms. The number of oxime groups is 1. The van der Waals surface area contributed by atoms with Gasteiger partial charge in [0.1, 0.15) is 0 Å². The van der Waals surface area contributed by atoms with Gasteiger partial charge >= 0.3 is 6.03 Å². The van der Waals surface area contributed by atoms with Crippen molar-refractivity contribution in [3.05, 3.63) is 0 Å². The molecule has 6 nitrogen and oxygen atoms in total. The fraction of sp³-hybridized carbons (Fsp3) is 0.833. The van der Waals surface area contributed by atoms with Gasteiger partial charge in [-0.1, -0.05) is 24.9 Å². The summed E-state index contributed by atoms with van der Waals surface area (Å²) < 4.78 is 0. The molecular weight excluding hydrogens is 232 g/mol. The third kappa shape index (κ3) is 3.51. The maximum absolute atomic E-state index is 12.2. The van der Waals surface area contributed by atoms with Crippen LogP contribution in [0.25, 0.3) is 0 Å². The quantitative estimate of drug-likeness (QED) is 0.309. The van der Waals surface area contributed by atoms with Gasteiger partial charge in [-0.25, -0.2) is 4.79 Å². The van der Waals surface area contributed by atoms with Gasteiger partial charge in [0.25, 0.3) is 0 Å². The fourth-order valence-electron chi connectivity index (χ4n) is 2.03. The summed E-state index contributed by atoms with van der Waals surface area (Å²) in [5.41, 5.74) is 4.84. The summed E-state index contributed by atoms with van der Waals surface area (Å²) in [6, 6.07) is -0.132. The van der Waals surface area contributed by atoms with Crippen LogP contribution in [0.5, 0.6) is 0 Å². The molecule has 0 aromatic heterocycles. The Kier molecular flexibility index (Phi) is 5.25. The smallest absolute Gasteiger partial charge is 0.318 e. The lowest BCUT2D eigenvalue weighted by Gasteiger charge is -2.31. The van der Waals surface area contributed by atoms with E-state index in [1.807, 2.05) is 11.8 Å². The molecule has 1 saturated heterocycles. The number of nitrogens with two attached hydrogens (primary N) is 1. The molecule has 4 N–H and O–H groups in total. The van der Waals surface area contributed by atoms with Gasteiger partial charge in [0.2, 0.25) is 0 Å². The Hall–Kier alpha value is -1.46. The highest BCUT2D eigenvalue weighted by atomic mass is 16.4. The molecule has 0 aliphatic carbocycles. The average molecular weight is 256 g/mol. The lowest BCUT2D eigenvalue weighted by atomic mass is 9.98. The second kappa shape index (κ2) is 6.47. The van der Waals surface area contributed by atoms with Crippen molar-refractivity contribution in [1.82, 2.24) is 10.2 Å². The normalized spacial score (nSPS) is 21.0. The van der Waals surface area contributed by atoms with Crippen LogP contribution < -0.4 is 11.1 Å². The van der Waals surface area contributed by atoms with Crippen molar-refractivity contribution in [2.75, 3.05) is 13.1 Å². The molecule has 0 spiro atoms. The van der Waals surface area contributed by atoms with E-state index in [1.165, 1.54) is 12.8 Å². The molecule has 2 amide bonds. The number of carbonyl (C=O) groups excluding carboxylic acids is 1. The predicted molar refractivity (Wildman–Crippen MR) is 70.7 cm³/mol. The van der Waals surface area contributed by atoms with E-state index in [0.717, 1.165) is 25.9 Å². The second-order valence-corrected chi connectivity index (χ2v) is 5.00. The summed E-state index contributed by atoms with van der Waals surface area (Å²) in [4.78, 5) is 14.0. The van der Waals surface area contributed by atoms with Crippen LogP contribution in [0.3, 0.4) is 0 Å². The Morgan fingerprint density at radius 3 is 2.39 bits per heavy atom. The Morgan fingerprint density at radius 1 is 1.39 bits per heavy atom. The highest BCUT2D eigenvalue weighted by Crippen LogP contribution is 2.13. The number of rotatable bonds is 3. The van der Waals surface area contributed by atoms with Crippen LogP contribution in [0.4, 0.5) is 4.79 Å². The summed E-state index contributed by atoms with van der Waals surface area (Å²) in [6.07, 6.45) is 5.01. The van der Waals surface area contributed by atoms with Crippen LogP contribution in [0.15, 0.2) is 5.16 Å². The molecule has 1 heterocycles. The van der Waals surface area contributed by atoms with E-state index >= 15 is 0 Å². The van der Waals surface area contributed by atoms with Gasteiger partial charge in [-0.3, -0.25) is 0 Å². The van der Waals surface area contributed by atoms with E-state index in [4.69, 9.17) is 10.9 Å². The van der Waals surface area contributed by atoms with E-state index < -0.39 is 5.54 Å². The maximum atomic E-state index is 12.2. The SMILES string of the molecule is CCC(C)(NC(=O)N1CCCCCC1)C(N)=NO. The fourth-order valence-corrected chi connectivity index (χ4v) is 2.03. The third-order valence-corrected chi connectivity index (χ3v) is 3.66. The zero-order valence-electron chi connectivity index (χ0n) is 11.3. The minimum Gasteiger partial charge on any atom is -0.409 e. The number of hydrogen-bond donors (Lipinski definition) is 3. The highest BCUT2D eigenvalue weighted by Gasteiger charge is 2.31. The Balaban J connectivity index is 2.66. The summed E-state index contributed by atoms with van der Waals surface area (Å²) in [5, 5.41) is 14.6. The molecule has 1 aliphatic heterocycles. The minimum atomic E-state index is -0.794. The molecule has 104 valence electrons. The van der Waals surface area contributed by atoms with Crippen molar-refractivity contribution in [2.45, 2.75) is 51.5 Å². The van der Waals surface area contributed by atoms with Gasteiger partial charge in [0.05, 0.1) is 5.54 Å². The Labute approximate surface area is 108 Å². The van der Waals surface area contributed by atoms with Crippen molar-refractivity contribution in [3.63, 3.8) is 0 Å². The third-order valence-electron chi connectivity index (χ3n) is 3.66. The van der Waals surface area contributed by atoms with E-state index in [-0.39, 0.29) is 11.9 Å². The standard InChI is InChI=1S/C12H24N4O2/c1-3-12(2,10(13)15-18)14-11(17)16-8-6-4-5-7-9-16/h18H,3-9H2,1-2H3,(H2,13,15)(H,14,17). The number of nitrogens with one attached hydrogen (secondary N) is 1. The second-order valence-electron chi connectivity index (χ2n) is 5.00. The number of urea groups is 1. The first-order chi connectivity index (χ1) is 8.53. The summed E-state index contributed by atoms with van der Waals surface area (Å²) in [7, 11) is 0. The van der Waals surface area contributed by atoms with Crippen LogP contribution in [0.1, 0.15) is 46.0 Å². The number of carbonyl (C=O) groups is 1. The van der Waals surface area contributed by atoms with Crippen LogP contribution >= 0.6 is 0 Å². The zero-order valence-corrected chi connectivity index (χ0v) is 11.3. The molecule has 0 aromatic rings. The zero-order chi connectivity index (χ0) is 13.6. The monoisotopic (exact) mass is 256 g/mol. The van der Waals surface area contributed by atoms with Crippen LogP contribution in [0.2, 0.25) is 0 Å². The molecule has 1 fully saturated rings. The lowest BCUT2D eigenvalue weighted by Crippen LogP contribution is -2.58. The van der Waals surface area contributed by atoms with Crippen molar-refractivity contribution >= 4 is 11.9 Å². The van der Waals surface area contributed by atoms with Crippen LogP contribution in [-0.4, -0.2) is 40.6 Å². The Bertz CT molecular complexity index is 311. The first-order valence-corrected chi connectivity index (χ1v) is 6.58. The lowest BCUT2D eigenvalue weighted by molar-refractivity contribution is 0.191. The van der Waals surface area contributed by atoms with E-state index in [0.29, 0.717) is 6.42 Å². The maximum Gasteiger partial charge on any atom is 0.318 e. The van der Waals surface area contributed by atoms with Crippen LogP contribution in [-0.2, 0) is 0 Å². The van der Waals surface area contributed by atoms with Crippen molar-refractivity contribution < 1.29 is 10.0 Å². The number of hydrogen-bond acceptors (Lipinski definition) is 3. The Morgan fingerprint density at radius 2 is 1.94 bits per heavy atom. The number of amides is 2. The summed E-state index contributed by atoms with van der Waals surface area (Å²) >= 11 is 0. The van der Waals surface area contributed by atoms with Crippen molar-refractivity contribution in [3.8, 4) is 0 Å². The molecule has 1 rings (SSSR count). The van der Waals surface area contributed by atoms with Gasteiger partial charge in [-0.15, -0.1) is 0 Å². The van der Waals surface area contributed by atoms with Gasteiger partial charge in [-0.05, 0) is 26.2 Å². The molecule has 0 aromatic carbocycles. The summed E-state index contributed by atoms with van der Waals surface area (Å²) in [6.45, 7) is 5.21. The minimum absolute atomic E-state index is 0.0353. The van der Waals surface area contributed by atoms with E-state index in [9.17, 15) is 4.79 Å². The van der Waals surface area contributed by atoms with Gasteiger partial charge in [0.15, 0.2) is 5.84 Å². The van der Waals surface area contributed by atoms with E-state index in [1.54, 1.807) is 6.92 Å². The molecular formula is C12H24N4O2. The van der Waals surface area contributed by atoms with Crippen molar-refractivity contribution in [2.24, 2.45) is 10.9 Å². The summed E-state index contributed by atoms with van der Waals surface area (Å²) in [5.74, 6) is 0.0353. The molecule has 0 bridgehead atoms. The molecule has 1 atom stereocenters. The largest absolute Gasteiger partial charge is 0.409 e. The van der Waals surface area contributed by atoms with Gasteiger partial charge in [-0.2, -0.15) is 0 Å². The topological polar surface area (TPSA) is 91.0 Å². The molecule has 1 unspecified atom stereocenters. The average Bonchev–Trinajstić information content (AvgIpc) is 2.66. The molecule has 0 saturated carbocycles. The predicted octanol–water partition coefficient (Wildman–Crippen LogP) is 1.49. The number of likely N-dealkylation sites (tertiary alicyclic amines) is 1. The number of nitrogens with zero attached hydrogens (tertiary/aromatic N) is 2. The van der Waals surface area contributed by atoms with Gasteiger partial charge < -0.3 is 21.2 Å². The van der Waals surface area contributed by atoms with Crippen LogP contribution in [0, 0.1) is 0 Å². The first-order valence-electron chi connectivity index (χ1n) is 6.58. The molecule has 0 radical (unpaired) electrons. The first kappa shape index (κ1) is 14.6. The number of amidine groups is 1. The molecule has 18 heavy (non-hydrogen) atoms. The van der Waals surface area contributed by atoms with E-state index in [2.05, 4.69) is 10.5 Å². The highest BCUT2D eigenvalue weighted by molar-refractivity contribution is 5.93. The van der Waals surface area contributed by atoms with Crippen molar-refractivity contribution in [1.29, 1.82) is 0 Å².